The molecule has 0 saturated heterocycles. The van der Waals surface area contributed by atoms with E-state index in [4.69, 9.17) is 39.5 Å². The van der Waals surface area contributed by atoms with E-state index in [1.54, 1.807) is 6.92 Å². The highest BCUT2D eigenvalue weighted by atomic mass is 35.6. The summed E-state index contributed by atoms with van der Waals surface area (Å²) in [5.74, 6) is -0.126. The molecule has 0 heterocycles. The SMILES string of the molecule is CCOC(=O)CCCCCCC(Cl)(Cl)Cl. The fraction of sp³-hybridized carbons (Fsp3) is 0.900. The second-order valence-electron chi connectivity index (χ2n) is 3.33. The van der Waals surface area contributed by atoms with Crippen molar-refractivity contribution >= 4 is 40.8 Å². The molecule has 0 saturated carbocycles. The van der Waals surface area contributed by atoms with E-state index in [9.17, 15) is 4.79 Å². The fourth-order valence-electron chi connectivity index (χ4n) is 1.18. The summed E-state index contributed by atoms with van der Waals surface area (Å²) in [5, 5.41) is 0. The van der Waals surface area contributed by atoms with Crippen LogP contribution in [0.4, 0.5) is 0 Å². The van der Waals surface area contributed by atoms with Crippen LogP contribution in [0.3, 0.4) is 0 Å². The van der Waals surface area contributed by atoms with Crippen molar-refractivity contribution in [2.75, 3.05) is 6.61 Å². The molecule has 0 atom stereocenters. The summed E-state index contributed by atoms with van der Waals surface area (Å²) in [6, 6.07) is 0. The van der Waals surface area contributed by atoms with Crippen LogP contribution in [0, 0.1) is 0 Å². The molecule has 0 aromatic heterocycles. The first kappa shape index (κ1) is 15.3. The number of ether oxygens (including phenoxy) is 1. The third kappa shape index (κ3) is 12.3. The lowest BCUT2D eigenvalue weighted by Gasteiger charge is -2.09. The van der Waals surface area contributed by atoms with E-state index in [0.29, 0.717) is 19.4 Å². The first-order valence-electron chi connectivity index (χ1n) is 5.18. The van der Waals surface area contributed by atoms with Crippen molar-refractivity contribution in [1.29, 1.82) is 0 Å². The Kier molecular flexibility index (Phi) is 8.68. The summed E-state index contributed by atoms with van der Waals surface area (Å²) in [6.07, 6.45) is 4.73. The third-order valence-corrected chi connectivity index (χ3v) is 2.46. The molecule has 0 N–H and O–H groups in total. The highest BCUT2D eigenvalue weighted by Crippen LogP contribution is 2.32. The van der Waals surface area contributed by atoms with Crippen LogP contribution in [0.2, 0.25) is 0 Å². The highest BCUT2D eigenvalue weighted by Gasteiger charge is 2.17. The molecule has 5 heteroatoms. The van der Waals surface area contributed by atoms with E-state index in [1.807, 2.05) is 0 Å². The molecule has 0 spiro atoms. The molecule has 0 aromatic carbocycles. The van der Waals surface area contributed by atoms with Crippen molar-refractivity contribution in [2.45, 2.75) is 49.2 Å². The van der Waals surface area contributed by atoms with Crippen molar-refractivity contribution in [2.24, 2.45) is 0 Å². The second kappa shape index (κ2) is 8.49. The molecule has 15 heavy (non-hydrogen) atoms. The maximum Gasteiger partial charge on any atom is 0.305 e. The Morgan fingerprint density at radius 2 is 1.73 bits per heavy atom. The predicted molar refractivity (Wildman–Crippen MR) is 64.6 cm³/mol. The second-order valence-corrected chi connectivity index (χ2v) is 5.85. The minimum absolute atomic E-state index is 0.126. The van der Waals surface area contributed by atoms with Gasteiger partial charge in [0, 0.05) is 6.42 Å². The number of carbonyl (C=O) groups excluding carboxylic acids is 1. The lowest BCUT2D eigenvalue weighted by molar-refractivity contribution is -0.143. The summed E-state index contributed by atoms with van der Waals surface area (Å²) < 4.78 is 3.66. The van der Waals surface area contributed by atoms with E-state index in [-0.39, 0.29) is 5.97 Å². The molecule has 0 amide bonds. The smallest absolute Gasteiger partial charge is 0.305 e. The van der Waals surface area contributed by atoms with Crippen LogP contribution in [0.5, 0.6) is 0 Å². The van der Waals surface area contributed by atoms with Gasteiger partial charge in [0.05, 0.1) is 6.61 Å². The van der Waals surface area contributed by atoms with Crippen molar-refractivity contribution < 1.29 is 9.53 Å². The number of halogens is 3. The van der Waals surface area contributed by atoms with Gasteiger partial charge in [-0.05, 0) is 26.2 Å². The summed E-state index contributed by atoms with van der Waals surface area (Å²) in [7, 11) is 0. The molecule has 0 aromatic rings. The van der Waals surface area contributed by atoms with Crippen LogP contribution in [-0.2, 0) is 9.53 Å². The Bertz CT molecular complexity index is 178. The molecule has 0 aliphatic heterocycles. The zero-order valence-electron chi connectivity index (χ0n) is 8.90. The minimum Gasteiger partial charge on any atom is -0.466 e. The first-order valence-corrected chi connectivity index (χ1v) is 6.31. The van der Waals surface area contributed by atoms with Gasteiger partial charge in [-0.1, -0.05) is 47.6 Å². The van der Waals surface area contributed by atoms with Crippen LogP contribution >= 0.6 is 34.8 Å². The Balaban J connectivity index is 3.22. The van der Waals surface area contributed by atoms with E-state index in [2.05, 4.69) is 0 Å². The van der Waals surface area contributed by atoms with Gasteiger partial charge in [0.1, 0.15) is 0 Å². The van der Waals surface area contributed by atoms with Crippen LogP contribution in [0.1, 0.15) is 45.4 Å². The van der Waals surface area contributed by atoms with E-state index in [1.165, 1.54) is 0 Å². The van der Waals surface area contributed by atoms with Crippen molar-refractivity contribution in [1.82, 2.24) is 0 Å². The van der Waals surface area contributed by atoms with Gasteiger partial charge in [-0.25, -0.2) is 0 Å². The van der Waals surface area contributed by atoms with Gasteiger partial charge in [-0.2, -0.15) is 0 Å². The van der Waals surface area contributed by atoms with Gasteiger partial charge in [0.15, 0.2) is 3.79 Å². The molecule has 2 nitrogen and oxygen atoms in total. The fourth-order valence-corrected chi connectivity index (χ4v) is 1.58. The van der Waals surface area contributed by atoms with Crippen molar-refractivity contribution in [3.8, 4) is 0 Å². The molecule has 90 valence electrons. The van der Waals surface area contributed by atoms with E-state index < -0.39 is 3.79 Å². The topological polar surface area (TPSA) is 26.3 Å². The van der Waals surface area contributed by atoms with Gasteiger partial charge in [-0.3, -0.25) is 4.79 Å². The molecule has 0 rings (SSSR count). The van der Waals surface area contributed by atoms with Crippen molar-refractivity contribution in [3.05, 3.63) is 0 Å². The average Bonchev–Trinajstić information content (AvgIpc) is 2.09. The monoisotopic (exact) mass is 274 g/mol. The quantitative estimate of drug-likeness (QED) is 0.394. The largest absolute Gasteiger partial charge is 0.466 e. The van der Waals surface area contributed by atoms with Crippen LogP contribution < -0.4 is 0 Å². The minimum atomic E-state index is -1.14. The molecular weight excluding hydrogens is 258 g/mol. The molecular formula is C10H17Cl3O2. The third-order valence-electron chi connectivity index (χ3n) is 1.90. The highest BCUT2D eigenvalue weighted by molar-refractivity contribution is 6.67. The van der Waals surface area contributed by atoms with Gasteiger partial charge in [-0.15, -0.1) is 0 Å². The Morgan fingerprint density at radius 1 is 1.13 bits per heavy atom. The molecule has 0 bridgehead atoms. The van der Waals surface area contributed by atoms with Gasteiger partial charge >= 0.3 is 5.97 Å². The number of alkyl halides is 3. The zero-order valence-corrected chi connectivity index (χ0v) is 11.2. The summed E-state index contributed by atoms with van der Waals surface area (Å²) >= 11 is 16.8. The zero-order chi connectivity index (χ0) is 11.7. The summed E-state index contributed by atoms with van der Waals surface area (Å²) in [5.41, 5.74) is 0. The van der Waals surface area contributed by atoms with Crippen LogP contribution in [0.25, 0.3) is 0 Å². The Labute approximate surface area is 106 Å². The molecule has 0 fully saturated rings. The molecule has 0 radical (unpaired) electrons. The van der Waals surface area contributed by atoms with Crippen LogP contribution in [0.15, 0.2) is 0 Å². The first-order chi connectivity index (χ1) is 6.95. The van der Waals surface area contributed by atoms with E-state index in [0.717, 1.165) is 25.7 Å². The van der Waals surface area contributed by atoms with Gasteiger partial charge < -0.3 is 4.74 Å². The Morgan fingerprint density at radius 3 is 2.27 bits per heavy atom. The predicted octanol–water partition coefficient (Wildman–Crippen LogP) is 4.26. The number of rotatable bonds is 7. The maximum absolute atomic E-state index is 10.9. The Hall–Kier alpha value is 0.340. The molecule has 0 aliphatic carbocycles. The van der Waals surface area contributed by atoms with Crippen molar-refractivity contribution in [3.63, 3.8) is 0 Å². The number of esters is 1. The summed E-state index contributed by atoms with van der Waals surface area (Å²) in [4.78, 5) is 10.9. The molecule has 0 aliphatic rings. The number of carbonyl (C=O) groups is 1. The lowest BCUT2D eigenvalue weighted by atomic mass is 10.1. The average molecular weight is 276 g/mol. The standard InChI is InChI=1S/C10H17Cl3O2/c1-2-15-9(14)7-5-3-4-6-8-10(11,12)13/h2-8H2,1H3. The normalized spacial score (nSPS) is 11.5. The number of hydrogen-bond acceptors (Lipinski definition) is 2. The number of hydrogen-bond donors (Lipinski definition) is 0. The lowest BCUT2D eigenvalue weighted by Crippen LogP contribution is -2.03. The van der Waals surface area contributed by atoms with Crippen LogP contribution in [-0.4, -0.2) is 16.4 Å². The maximum atomic E-state index is 10.9. The number of unbranched alkanes of at least 4 members (excludes halogenated alkanes) is 3. The van der Waals surface area contributed by atoms with Gasteiger partial charge in [0.25, 0.3) is 0 Å². The van der Waals surface area contributed by atoms with E-state index >= 15 is 0 Å². The summed E-state index contributed by atoms with van der Waals surface area (Å²) in [6.45, 7) is 2.25. The van der Waals surface area contributed by atoms with Gasteiger partial charge in [0.2, 0.25) is 0 Å². The molecule has 0 unspecified atom stereocenters.